The summed E-state index contributed by atoms with van der Waals surface area (Å²) in [4.78, 5) is 16.5. The normalized spacial score (nSPS) is 11.3. The van der Waals surface area contributed by atoms with Gasteiger partial charge in [0.2, 0.25) is 5.82 Å². The molecule has 0 saturated carbocycles. The second-order valence-corrected chi connectivity index (χ2v) is 6.69. The van der Waals surface area contributed by atoms with Gasteiger partial charge in [0.15, 0.2) is 0 Å². The third-order valence-electron chi connectivity index (χ3n) is 4.78. The highest BCUT2D eigenvalue weighted by Gasteiger charge is 2.13. The van der Waals surface area contributed by atoms with Crippen molar-refractivity contribution in [1.82, 2.24) is 25.6 Å². The third kappa shape index (κ3) is 4.09. The molecule has 2 heterocycles. The topological polar surface area (TPSA) is 140 Å². The number of pyridine rings is 1. The number of aromatic amines is 1. The van der Waals surface area contributed by atoms with Gasteiger partial charge in [-0.05, 0) is 47.5 Å². The summed E-state index contributed by atoms with van der Waals surface area (Å²) in [6.45, 7) is 2.02. The zero-order valence-corrected chi connectivity index (χ0v) is 16.5. The van der Waals surface area contributed by atoms with E-state index in [9.17, 15) is 15.2 Å². The SMILES string of the molecule is CCc1ccc2nc(-c3ccc(NC=C(C#N)c4nn[nH]n4)cc3)cc(C(=O)O)c2c1. The van der Waals surface area contributed by atoms with E-state index in [1.807, 2.05) is 55.5 Å². The monoisotopic (exact) mass is 411 g/mol. The van der Waals surface area contributed by atoms with Gasteiger partial charge in [0.25, 0.3) is 0 Å². The highest BCUT2D eigenvalue weighted by molar-refractivity contribution is 6.04. The number of carboxylic acids is 1. The van der Waals surface area contributed by atoms with Crippen molar-refractivity contribution in [2.45, 2.75) is 13.3 Å². The number of nitrogens with one attached hydrogen (secondary N) is 2. The fraction of sp³-hybridized carbons (Fsp3) is 0.0909. The van der Waals surface area contributed by atoms with Crippen LogP contribution in [-0.2, 0) is 6.42 Å². The van der Waals surface area contributed by atoms with Gasteiger partial charge in [0.05, 0.1) is 16.8 Å². The number of nitrogens with zero attached hydrogens (tertiary/aromatic N) is 5. The van der Waals surface area contributed by atoms with Crippen molar-refractivity contribution in [3.05, 3.63) is 71.7 Å². The first-order valence-corrected chi connectivity index (χ1v) is 9.47. The van der Waals surface area contributed by atoms with Crippen LogP contribution in [0.1, 0.15) is 28.7 Å². The zero-order valence-electron chi connectivity index (χ0n) is 16.5. The van der Waals surface area contributed by atoms with E-state index in [2.05, 4.69) is 30.9 Å². The van der Waals surface area contributed by atoms with E-state index in [4.69, 9.17) is 0 Å². The van der Waals surface area contributed by atoms with Crippen LogP contribution in [0.4, 0.5) is 5.69 Å². The van der Waals surface area contributed by atoms with Gasteiger partial charge in [-0.15, -0.1) is 10.2 Å². The van der Waals surface area contributed by atoms with Crippen LogP contribution in [0, 0.1) is 11.3 Å². The summed E-state index contributed by atoms with van der Waals surface area (Å²) >= 11 is 0. The molecule has 9 heteroatoms. The summed E-state index contributed by atoms with van der Waals surface area (Å²) in [5, 5.41) is 35.9. The van der Waals surface area contributed by atoms with E-state index in [0.717, 1.165) is 23.2 Å². The first kappa shape index (κ1) is 19.7. The molecule has 0 fully saturated rings. The molecule has 0 saturated heterocycles. The number of aryl methyl sites for hydroxylation is 1. The van der Waals surface area contributed by atoms with Gasteiger partial charge in [-0.3, -0.25) is 0 Å². The maximum atomic E-state index is 11.8. The first-order valence-electron chi connectivity index (χ1n) is 9.47. The summed E-state index contributed by atoms with van der Waals surface area (Å²) < 4.78 is 0. The Hall–Kier alpha value is -4.58. The molecule has 3 N–H and O–H groups in total. The predicted molar refractivity (Wildman–Crippen MR) is 115 cm³/mol. The van der Waals surface area contributed by atoms with Crippen molar-refractivity contribution >= 4 is 28.1 Å². The smallest absolute Gasteiger partial charge is 0.336 e. The number of tetrazole rings is 1. The van der Waals surface area contributed by atoms with Crippen LogP contribution in [0.3, 0.4) is 0 Å². The first-order chi connectivity index (χ1) is 15.1. The molecular weight excluding hydrogens is 394 g/mol. The number of nitriles is 1. The van der Waals surface area contributed by atoms with Crippen LogP contribution in [0.25, 0.3) is 27.7 Å². The maximum Gasteiger partial charge on any atom is 0.336 e. The van der Waals surface area contributed by atoms with Gasteiger partial charge in [0.1, 0.15) is 11.6 Å². The largest absolute Gasteiger partial charge is 0.478 e. The second-order valence-electron chi connectivity index (χ2n) is 6.69. The Bertz CT molecular complexity index is 1320. The summed E-state index contributed by atoms with van der Waals surface area (Å²) in [6.07, 6.45) is 2.31. The average Bonchev–Trinajstić information content (AvgIpc) is 3.33. The summed E-state index contributed by atoms with van der Waals surface area (Å²) in [6, 6.07) is 16.6. The molecule has 0 aliphatic carbocycles. The number of aromatic carboxylic acids is 1. The van der Waals surface area contributed by atoms with E-state index in [0.29, 0.717) is 16.6 Å². The van der Waals surface area contributed by atoms with Crippen molar-refractivity contribution < 1.29 is 9.90 Å². The third-order valence-corrected chi connectivity index (χ3v) is 4.78. The highest BCUT2D eigenvalue weighted by atomic mass is 16.4. The van der Waals surface area contributed by atoms with Gasteiger partial charge in [-0.25, -0.2) is 9.78 Å². The molecule has 0 atom stereocenters. The Labute approximate surface area is 177 Å². The van der Waals surface area contributed by atoms with Gasteiger partial charge in [-0.2, -0.15) is 10.5 Å². The molecule has 9 nitrogen and oxygen atoms in total. The predicted octanol–water partition coefficient (Wildman–Crippen LogP) is 3.65. The van der Waals surface area contributed by atoms with Crippen molar-refractivity contribution in [2.24, 2.45) is 0 Å². The molecule has 0 aliphatic rings. The lowest BCUT2D eigenvalue weighted by atomic mass is 10.0. The average molecular weight is 411 g/mol. The van der Waals surface area contributed by atoms with Crippen LogP contribution in [0.5, 0.6) is 0 Å². The lowest BCUT2D eigenvalue weighted by Crippen LogP contribution is -2.01. The highest BCUT2D eigenvalue weighted by Crippen LogP contribution is 2.27. The summed E-state index contributed by atoms with van der Waals surface area (Å²) in [5.74, 6) is -0.796. The van der Waals surface area contributed by atoms with Crippen molar-refractivity contribution in [3.63, 3.8) is 0 Å². The molecule has 31 heavy (non-hydrogen) atoms. The number of rotatable bonds is 6. The molecule has 152 valence electrons. The molecule has 0 aliphatic heterocycles. The number of hydrogen-bond acceptors (Lipinski definition) is 7. The Morgan fingerprint density at radius 1 is 1.23 bits per heavy atom. The summed E-state index contributed by atoms with van der Waals surface area (Å²) in [7, 11) is 0. The molecule has 2 aromatic carbocycles. The maximum absolute atomic E-state index is 11.8. The van der Waals surface area contributed by atoms with E-state index in [1.54, 1.807) is 6.07 Å². The Morgan fingerprint density at radius 3 is 2.68 bits per heavy atom. The van der Waals surface area contributed by atoms with Gasteiger partial charge in [-0.1, -0.05) is 25.1 Å². The number of carbonyl (C=O) groups is 1. The lowest BCUT2D eigenvalue weighted by molar-refractivity contribution is 0.0699. The van der Waals surface area contributed by atoms with Crippen LogP contribution in [0.15, 0.2) is 54.7 Å². The minimum absolute atomic E-state index is 0.194. The number of benzene rings is 2. The molecule has 4 rings (SSSR count). The Kier molecular flexibility index (Phi) is 5.36. The van der Waals surface area contributed by atoms with Gasteiger partial charge < -0.3 is 10.4 Å². The lowest BCUT2D eigenvalue weighted by Gasteiger charge is -2.09. The van der Waals surface area contributed by atoms with E-state index in [1.165, 1.54) is 6.20 Å². The quantitative estimate of drug-likeness (QED) is 0.408. The number of anilines is 1. The molecule has 0 amide bonds. The molecule has 0 spiro atoms. The van der Waals surface area contributed by atoms with Crippen molar-refractivity contribution in [3.8, 4) is 17.3 Å². The van der Waals surface area contributed by atoms with Crippen LogP contribution < -0.4 is 5.32 Å². The Balaban J connectivity index is 1.64. The van der Waals surface area contributed by atoms with E-state index >= 15 is 0 Å². The number of hydrogen-bond donors (Lipinski definition) is 3. The standard InChI is InChI=1S/C22H17N7O2/c1-2-13-3-8-19-17(9-13)18(22(30)31)10-20(25-19)14-4-6-16(7-5-14)24-12-15(11-23)21-26-28-29-27-21/h3-10,12,24H,2H2,1H3,(H,30,31)(H,26,27,28,29). The Morgan fingerprint density at radius 2 is 2.03 bits per heavy atom. The summed E-state index contributed by atoms with van der Waals surface area (Å²) in [5.41, 5.74) is 4.22. The van der Waals surface area contributed by atoms with E-state index in [-0.39, 0.29) is 17.0 Å². The van der Waals surface area contributed by atoms with Gasteiger partial charge in [0, 0.05) is 22.8 Å². The van der Waals surface area contributed by atoms with Gasteiger partial charge >= 0.3 is 5.97 Å². The number of aromatic nitrogens is 5. The van der Waals surface area contributed by atoms with Crippen molar-refractivity contribution in [1.29, 1.82) is 5.26 Å². The van der Waals surface area contributed by atoms with E-state index < -0.39 is 5.97 Å². The number of fused-ring (bicyclic) bond motifs is 1. The number of carboxylic acid groups (broad SMARTS) is 1. The fourth-order valence-electron chi connectivity index (χ4n) is 3.13. The van der Waals surface area contributed by atoms with Crippen LogP contribution in [0.2, 0.25) is 0 Å². The molecule has 0 unspecified atom stereocenters. The second kappa shape index (κ2) is 8.42. The van der Waals surface area contributed by atoms with Crippen LogP contribution >= 0.6 is 0 Å². The molecule has 0 radical (unpaired) electrons. The molecule has 4 aromatic rings. The zero-order chi connectivity index (χ0) is 21.8. The van der Waals surface area contributed by atoms with Crippen molar-refractivity contribution in [2.75, 3.05) is 5.32 Å². The minimum atomic E-state index is -0.990. The number of allylic oxidation sites excluding steroid dienone is 1. The van der Waals surface area contributed by atoms with Crippen LogP contribution in [-0.4, -0.2) is 36.7 Å². The fourth-order valence-corrected chi connectivity index (χ4v) is 3.13. The molecular formula is C22H17N7O2. The number of H-pyrrole nitrogens is 1. The molecule has 2 aromatic heterocycles. The minimum Gasteiger partial charge on any atom is -0.478 e. The molecule has 0 bridgehead atoms.